The zero-order valence-electron chi connectivity index (χ0n) is 11.3. The Bertz CT molecular complexity index is 421. The first kappa shape index (κ1) is 14.5. The number of pyridine rings is 1. The first-order chi connectivity index (χ1) is 8.44. The van der Waals surface area contributed by atoms with Crippen molar-refractivity contribution in [3.8, 4) is 6.07 Å². The molecule has 0 spiro atoms. The van der Waals surface area contributed by atoms with Gasteiger partial charge in [0, 0.05) is 12.7 Å². The molecule has 0 saturated heterocycles. The van der Waals surface area contributed by atoms with Crippen molar-refractivity contribution in [2.75, 3.05) is 11.9 Å². The van der Waals surface area contributed by atoms with Crippen molar-refractivity contribution in [2.45, 2.75) is 39.2 Å². The Labute approximate surface area is 109 Å². The molecule has 98 valence electrons. The van der Waals surface area contributed by atoms with Gasteiger partial charge in [-0.15, -0.1) is 0 Å². The topological polar surface area (TPSA) is 68.9 Å². The smallest absolute Gasteiger partial charge is 0.143 e. The minimum absolute atomic E-state index is 0.394. The maximum absolute atomic E-state index is 10.2. The van der Waals surface area contributed by atoms with Gasteiger partial charge in [0.15, 0.2) is 0 Å². The van der Waals surface area contributed by atoms with E-state index >= 15 is 0 Å². The van der Waals surface area contributed by atoms with Crippen LogP contribution in [-0.4, -0.2) is 22.2 Å². The van der Waals surface area contributed by atoms with Crippen LogP contribution in [0.5, 0.6) is 0 Å². The number of anilines is 1. The Morgan fingerprint density at radius 1 is 1.56 bits per heavy atom. The molecule has 0 saturated carbocycles. The molecule has 0 fully saturated rings. The van der Waals surface area contributed by atoms with Gasteiger partial charge >= 0.3 is 0 Å². The summed E-state index contributed by atoms with van der Waals surface area (Å²) < 4.78 is 0. The Balaban J connectivity index is 2.56. The van der Waals surface area contributed by atoms with Crippen LogP contribution >= 0.6 is 0 Å². The average molecular weight is 247 g/mol. The average Bonchev–Trinajstić information content (AvgIpc) is 2.34. The lowest BCUT2D eigenvalue weighted by Crippen LogP contribution is -2.34. The molecule has 0 unspecified atom stereocenters. The lowest BCUT2D eigenvalue weighted by Gasteiger charge is -2.25. The van der Waals surface area contributed by atoms with E-state index in [1.54, 1.807) is 25.3 Å². The zero-order chi connectivity index (χ0) is 13.6. The van der Waals surface area contributed by atoms with Crippen LogP contribution in [-0.2, 0) is 0 Å². The van der Waals surface area contributed by atoms with Gasteiger partial charge < -0.3 is 10.4 Å². The van der Waals surface area contributed by atoms with Crippen molar-refractivity contribution in [1.29, 1.82) is 5.26 Å². The summed E-state index contributed by atoms with van der Waals surface area (Å²) in [5, 5.41) is 22.2. The summed E-state index contributed by atoms with van der Waals surface area (Å²) in [5.74, 6) is 1.10. The fourth-order valence-electron chi connectivity index (χ4n) is 1.60. The minimum Gasteiger partial charge on any atom is -0.388 e. The van der Waals surface area contributed by atoms with Crippen LogP contribution in [0.25, 0.3) is 0 Å². The molecule has 0 bridgehead atoms. The summed E-state index contributed by atoms with van der Waals surface area (Å²) in [4.78, 5) is 4.10. The highest BCUT2D eigenvalue weighted by Gasteiger charge is 2.20. The number of nitrogens with zero attached hydrogens (tertiary/aromatic N) is 2. The number of hydrogen-bond donors (Lipinski definition) is 2. The fourth-order valence-corrected chi connectivity index (χ4v) is 1.60. The van der Waals surface area contributed by atoms with E-state index in [-0.39, 0.29) is 0 Å². The van der Waals surface area contributed by atoms with Crippen LogP contribution in [0, 0.1) is 17.2 Å². The lowest BCUT2D eigenvalue weighted by molar-refractivity contribution is 0.0585. The van der Waals surface area contributed by atoms with Crippen LogP contribution in [0.4, 0.5) is 5.82 Å². The summed E-state index contributed by atoms with van der Waals surface area (Å²) in [6.07, 6.45) is 3.33. The van der Waals surface area contributed by atoms with E-state index in [0.29, 0.717) is 23.8 Å². The van der Waals surface area contributed by atoms with Gasteiger partial charge in [-0.25, -0.2) is 4.98 Å². The van der Waals surface area contributed by atoms with Crippen LogP contribution in [0.2, 0.25) is 0 Å². The second kappa shape index (κ2) is 6.36. The molecule has 0 aromatic carbocycles. The zero-order valence-corrected chi connectivity index (χ0v) is 11.3. The molecular weight excluding hydrogens is 226 g/mol. The lowest BCUT2D eigenvalue weighted by atomic mass is 9.95. The molecule has 1 atom stereocenters. The molecule has 4 nitrogen and oxygen atoms in total. The fraction of sp³-hybridized carbons (Fsp3) is 0.571. The highest BCUT2D eigenvalue weighted by molar-refractivity contribution is 5.51. The number of nitrogens with one attached hydrogen (secondary N) is 1. The van der Waals surface area contributed by atoms with E-state index in [1.165, 1.54) is 0 Å². The summed E-state index contributed by atoms with van der Waals surface area (Å²) in [7, 11) is 0. The molecular formula is C14H21N3O. The summed E-state index contributed by atoms with van der Waals surface area (Å²) >= 11 is 0. The Morgan fingerprint density at radius 2 is 2.28 bits per heavy atom. The van der Waals surface area contributed by atoms with Gasteiger partial charge in [-0.3, -0.25) is 0 Å². The summed E-state index contributed by atoms with van der Waals surface area (Å²) in [6, 6.07) is 5.50. The second-order valence-electron chi connectivity index (χ2n) is 5.29. The predicted molar refractivity (Wildman–Crippen MR) is 72.1 cm³/mol. The summed E-state index contributed by atoms with van der Waals surface area (Å²) in [5.41, 5.74) is -0.286. The van der Waals surface area contributed by atoms with E-state index in [1.807, 2.05) is 0 Å². The molecule has 1 aromatic heterocycles. The Hall–Kier alpha value is -1.60. The molecule has 4 heteroatoms. The minimum atomic E-state index is -0.783. The van der Waals surface area contributed by atoms with Crippen molar-refractivity contribution in [3.05, 3.63) is 23.9 Å². The quantitative estimate of drug-likeness (QED) is 0.810. The van der Waals surface area contributed by atoms with Gasteiger partial charge in [-0.1, -0.05) is 13.8 Å². The maximum Gasteiger partial charge on any atom is 0.143 e. The van der Waals surface area contributed by atoms with Gasteiger partial charge in [0.05, 0.1) is 11.2 Å². The number of nitriles is 1. The second-order valence-corrected chi connectivity index (χ2v) is 5.29. The van der Waals surface area contributed by atoms with Crippen LogP contribution in [0.1, 0.15) is 39.2 Å². The molecule has 1 rings (SSSR count). The van der Waals surface area contributed by atoms with Crippen molar-refractivity contribution < 1.29 is 5.11 Å². The molecule has 0 aliphatic heterocycles. The molecule has 18 heavy (non-hydrogen) atoms. The van der Waals surface area contributed by atoms with Crippen molar-refractivity contribution in [1.82, 2.24) is 4.98 Å². The Morgan fingerprint density at radius 3 is 2.89 bits per heavy atom. The Kier molecular flexibility index (Phi) is 5.11. The van der Waals surface area contributed by atoms with Gasteiger partial charge in [0.25, 0.3) is 0 Å². The largest absolute Gasteiger partial charge is 0.388 e. The highest BCUT2D eigenvalue weighted by atomic mass is 16.3. The third-order valence-corrected chi connectivity index (χ3v) is 2.83. The van der Waals surface area contributed by atoms with E-state index in [2.05, 4.69) is 30.2 Å². The molecule has 0 amide bonds. The number of aliphatic hydroxyl groups is 1. The van der Waals surface area contributed by atoms with E-state index in [9.17, 15) is 5.11 Å². The van der Waals surface area contributed by atoms with Gasteiger partial charge in [0.1, 0.15) is 11.9 Å². The van der Waals surface area contributed by atoms with E-state index in [4.69, 9.17) is 5.26 Å². The van der Waals surface area contributed by atoms with Gasteiger partial charge in [0.2, 0.25) is 0 Å². The van der Waals surface area contributed by atoms with Crippen molar-refractivity contribution in [3.63, 3.8) is 0 Å². The standard InChI is InChI=1S/C14H21N3O/c1-11(2)6-7-14(3,18)10-17-13-12(9-15)5-4-8-16-13/h4-5,8,11,18H,6-7,10H2,1-3H3,(H,16,17)/t14-/m1/s1. The molecule has 1 aromatic rings. The SMILES string of the molecule is CC(C)CC[C@@](C)(O)CNc1ncccc1C#N. The van der Waals surface area contributed by atoms with Crippen LogP contribution in [0.15, 0.2) is 18.3 Å². The number of aromatic nitrogens is 1. The monoisotopic (exact) mass is 247 g/mol. The third-order valence-electron chi connectivity index (χ3n) is 2.83. The predicted octanol–water partition coefficient (Wildman–Crippen LogP) is 2.55. The summed E-state index contributed by atoms with van der Waals surface area (Å²) in [6.45, 7) is 6.47. The molecule has 0 aliphatic carbocycles. The van der Waals surface area contributed by atoms with Crippen molar-refractivity contribution in [2.24, 2.45) is 5.92 Å². The van der Waals surface area contributed by atoms with Crippen LogP contribution in [0.3, 0.4) is 0 Å². The first-order valence-corrected chi connectivity index (χ1v) is 6.26. The van der Waals surface area contributed by atoms with E-state index < -0.39 is 5.60 Å². The van der Waals surface area contributed by atoms with Gasteiger partial charge in [-0.2, -0.15) is 5.26 Å². The molecule has 0 radical (unpaired) electrons. The molecule has 1 heterocycles. The maximum atomic E-state index is 10.2. The van der Waals surface area contributed by atoms with Gasteiger partial charge in [-0.05, 0) is 37.8 Å². The normalized spacial score (nSPS) is 14.0. The number of rotatable bonds is 6. The first-order valence-electron chi connectivity index (χ1n) is 6.26. The highest BCUT2D eigenvalue weighted by Crippen LogP contribution is 2.18. The van der Waals surface area contributed by atoms with E-state index in [0.717, 1.165) is 12.8 Å². The van der Waals surface area contributed by atoms with Crippen molar-refractivity contribution >= 4 is 5.82 Å². The molecule has 2 N–H and O–H groups in total. The third kappa shape index (κ3) is 4.72. The number of hydrogen-bond acceptors (Lipinski definition) is 4. The van der Waals surface area contributed by atoms with Crippen LogP contribution < -0.4 is 5.32 Å². The molecule has 0 aliphatic rings.